The van der Waals surface area contributed by atoms with Crippen LogP contribution in [0.5, 0.6) is 17.2 Å². The Hall–Kier alpha value is -4.00. The summed E-state index contributed by atoms with van der Waals surface area (Å²) in [5.74, 6) is 2.30. The number of aromatic nitrogens is 2. The smallest absolute Gasteiger partial charge is 0.203 e. The van der Waals surface area contributed by atoms with Crippen LogP contribution in [0.15, 0.2) is 71.7 Å². The summed E-state index contributed by atoms with van der Waals surface area (Å²) in [7, 11) is 4.54. The SMILES string of the molecule is COc1cc(C(=O)c2cn(-c3ccccn3)cc2-c2ccco2)cc(OC)c1OC. The second kappa shape index (κ2) is 8.16. The minimum absolute atomic E-state index is 0.213. The zero-order chi connectivity index (χ0) is 21.1. The van der Waals surface area contributed by atoms with E-state index in [0.717, 1.165) is 0 Å². The average Bonchev–Trinajstić information content (AvgIpc) is 3.48. The number of carbonyl (C=O) groups is 1. The van der Waals surface area contributed by atoms with E-state index in [1.807, 2.05) is 30.5 Å². The Bertz CT molecular complexity index is 1140. The summed E-state index contributed by atoms with van der Waals surface area (Å²) < 4.78 is 23.5. The van der Waals surface area contributed by atoms with Crippen molar-refractivity contribution < 1.29 is 23.4 Å². The average molecular weight is 404 g/mol. The van der Waals surface area contributed by atoms with Gasteiger partial charge in [0, 0.05) is 29.7 Å². The Labute approximate surface area is 173 Å². The minimum Gasteiger partial charge on any atom is -0.493 e. The first-order valence-corrected chi connectivity index (χ1v) is 9.18. The molecule has 0 N–H and O–H groups in total. The number of ketones is 1. The van der Waals surface area contributed by atoms with E-state index in [1.165, 1.54) is 21.3 Å². The molecule has 0 fully saturated rings. The van der Waals surface area contributed by atoms with Gasteiger partial charge in [0.25, 0.3) is 0 Å². The molecule has 152 valence electrons. The lowest BCUT2D eigenvalue weighted by molar-refractivity contribution is 0.103. The van der Waals surface area contributed by atoms with Crippen molar-refractivity contribution in [3.8, 4) is 34.4 Å². The van der Waals surface area contributed by atoms with Crippen molar-refractivity contribution in [2.24, 2.45) is 0 Å². The maximum absolute atomic E-state index is 13.5. The summed E-state index contributed by atoms with van der Waals surface area (Å²) in [5.41, 5.74) is 1.52. The van der Waals surface area contributed by atoms with Crippen molar-refractivity contribution in [2.45, 2.75) is 0 Å². The third-order valence-corrected chi connectivity index (χ3v) is 4.70. The molecule has 7 nitrogen and oxygen atoms in total. The highest BCUT2D eigenvalue weighted by Gasteiger charge is 2.23. The van der Waals surface area contributed by atoms with E-state index in [2.05, 4.69) is 4.98 Å². The molecule has 0 spiro atoms. The van der Waals surface area contributed by atoms with E-state index < -0.39 is 0 Å². The molecule has 0 unspecified atom stereocenters. The van der Waals surface area contributed by atoms with E-state index in [9.17, 15) is 4.79 Å². The Morgan fingerprint density at radius 2 is 1.73 bits per heavy atom. The normalized spacial score (nSPS) is 10.6. The first-order valence-electron chi connectivity index (χ1n) is 9.18. The number of hydrogen-bond acceptors (Lipinski definition) is 6. The summed E-state index contributed by atoms with van der Waals surface area (Å²) in [6, 6.07) is 12.4. The highest BCUT2D eigenvalue weighted by molar-refractivity contribution is 6.13. The maximum atomic E-state index is 13.5. The molecule has 0 aliphatic rings. The molecule has 4 rings (SSSR count). The molecule has 30 heavy (non-hydrogen) atoms. The number of hydrogen-bond donors (Lipinski definition) is 0. The molecule has 0 saturated carbocycles. The first kappa shape index (κ1) is 19.3. The molecule has 0 radical (unpaired) electrons. The van der Waals surface area contributed by atoms with Crippen LogP contribution in [0.4, 0.5) is 0 Å². The van der Waals surface area contributed by atoms with E-state index in [1.54, 1.807) is 41.4 Å². The number of pyridine rings is 1. The molecule has 3 heterocycles. The standard InChI is InChI=1S/C23H20N2O5/c1-27-19-11-15(12-20(28-2)23(19)29-3)22(26)17-14-25(21-8-4-5-9-24-21)13-16(17)18-7-6-10-30-18/h4-14H,1-3H3. The van der Waals surface area contributed by atoms with Gasteiger partial charge < -0.3 is 23.2 Å². The highest BCUT2D eigenvalue weighted by Crippen LogP contribution is 2.39. The van der Waals surface area contributed by atoms with Gasteiger partial charge in [-0.05, 0) is 36.4 Å². The van der Waals surface area contributed by atoms with Gasteiger partial charge in [-0.2, -0.15) is 0 Å². The van der Waals surface area contributed by atoms with Gasteiger partial charge in [-0.25, -0.2) is 4.98 Å². The van der Waals surface area contributed by atoms with Gasteiger partial charge in [0.05, 0.1) is 33.2 Å². The summed E-state index contributed by atoms with van der Waals surface area (Å²) in [5, 5.41) is 0. The number of rotatable bonds is 7. The summed E-state index contributed by atoms with van der Waals surface area (Å²) in [4.78, 5) is 17.9. The minimum atomic E-state index is -0.213. The van der Waals surface area contributed by atoms with Crippen LogP contribution < -0.4 is 14.2 Å². The molecule has 0 amide bonds. The predicted octanol–water partition coefficient (Wildman–Crippen LogP) is 4.39. The van der Waals surface area contributed by atoms with E-state index >= 15 is 0 Å². The van der Waals surface area contributed by atoms with Crippen molar-refractivity contribution in [1.29, 1.82) is 0 Å². The summed E-state index contributed by atoms with van der Waals surface area (Å²) in [6.07, 6.45) is 6.84. The maximum Gasteiger partial charge on any atom is 0.203 e. The molecule has 4 aromatic rings. The number of benzene rings is 1. The lowest BCUT2D eigenvalue weighted by atomic mass is 10.0. The van der Waals surface area contributed by atoms with Gasteiger partial charge in [-0.15, -0.1) is 0 Å². The van der Waals surface area contributed by atoms with Gasteiger partial charge in [0.15, 0.2) is 17.3 Å². The van der Waals surface area contributed by atoms with E-state index in [0.29, 0.717) is 45.5 Å². The number of methoxy groups -OCH3 is 3. The second-order valence-corrected chi connectivity index (χ2v) is 6.40. The van der Waals surface area contributed by atoms with Gasteiger partial charge >= 0.3 is 0 Å². The lowest BCUT2D eigenvalue weighted by Crippen LogP contribution is -2.04. The van der Waals surface area contributed by atoms with Crippen molar-refractivity contribution in [2.75, 3.05) is 21.3 Å². The Kier molecular flexibility index (Phi) is 5.26. The van der Waals surface area contributed by atoms with Crippen LogP contribution in [0, 0.1) is 0 Å². The third-order valence-electron chi connectivity index (χ3n) is 4.70. The largest absolute Gasteiger partial charge is 0.493 e. The van der Waals surface area contributed by atoms with Crippen LogP contribution in [0.1, 0.15) is 15.9 Å². The topological polar surface area (TPSA) is 75.7 Å². The fourth-order valence-corrected chi connectivity index (χ4v) is 3.27. The molecule has 7 heteroatoms. The summed E-state index contributed by atoms with van der Waals surface area (Å²) in [6.45, 7) is 0. The molecule has 0 aliphatic heterocycles. The molecule has 0 atom stereocenters. The molecule has 1 aromatic carbocycles. The van der Waals surface area contributed by atoms with Crippen LogP contribution >= 0.6 is 0 Å². The number of furan rings is 1. The second-order valence-electron chi connectivity index (χ2n) is 6.40. The third kappa shape index (κ3) is 3.41. The summed E-state index contributed by atoms with van der Waals surface area (Å²) >= 11 is 0. The van der Waals surface area contributed by atoms with Crippen LogP contribution in [-0.4, -0.2) is 36.7 Å². The van der Waals surface area contributed by atoms with Gasteiger partial charge in [-0.3, -0.25) is 4.79 Å². The van der Waals surface area contributed by atoms with Crippen molar-refractivity contribution in [1.82, 2.24) is 9.55 Å². The molecule has 0 bridgehead atoms. The van der Waals surface area contributed by atoms with Crippen molar-refractivity contribution in [3.63, 3.8) is 0 Å². The van der Waals surface area contributed by atoms with Crippen molar-refractivity contribution in [3.05, 3.63) is 78.4 Å². The van der Waals surface area contributed by atoms with Crippen molar-refractivity contribution >= 4 is 5.78 Å². The zero-order valence-corrected chi connectivity index (χ0v) is 16.8. The highest BCUT2D eigenvalue weighted by atomic mass is 16.5. The van der Waals surface area contributed by atoms with E-state index in [-0.39, 0.29) is 5.78 Å². The van der Waals surface area contributed by atoms with Gasteiger partial charge in [0.1, 0.15) is 11.6 Å². The Balaban J connectivity index is 1.86. The van der Waals surface area contributed by atoms with Crippen LogP contribution in [0.3, 0.4) is 0 Å². The number of nitrogens with zero attached hydrogens (tertiary/aromatic N) is 2. The number of carbonyl (C=O) groups excluding carboxylic acids is 1. The Morgan fingerprint density at radius 1 is 0.967 bits per heavy atom. The first-order chi connectivity index (χ1) is 14.7. The predicted molar refractivity (Wildman–Crippen MR) is 111 cm³/mol. The fraction of sp³-hybridized carbons (Fsp3) is 0.130. The zero-order valence-electron chi connectivity index (χ0n) is 16.8. The molecular formula is C23H20N2O5. The van der Waals surface area contributed by atoms with Gasteiger partial charge in [-0.1, -0.05) is 6.07 Å². The van der Waals surface area contributed by atoms with Crippen LogP contribution in [-0.2, 0) is 0 Å². The van der Waals surface area contributed by atoms with Gasteiger partial charge in [0.2, 0.25) is 5.75 Å². The quantitative estimate of drug-likeness (QED) is 0.425. The lowest BCUT2D eigenvalue weighted by Gasteiger charge is -2.13. The van der Waals surface area contributed by atoms with Crippen LogP contribution in [0.2, 0.25) is 0 Å². The molecule has 0 saturated heterocycles. The van der Waals surface area contributed by atoms with E-state index in [4.69, 9.17) is 18.6 Å². The van der Waals surface area contributed by atoms with Crippen LogP contribution in [0.25, 0.3) is 17.1 Å². The fourth-order valence-electron chi connectivity index (χ4n) is 3.27. The molecule has 3 aromatic heterocycles. The molecular weight excluding hydrogens is 384 g/mol. The monoisotopic (exact) mass is 404 g/mol. The number of ether oxygens (including phenoxy) is 3. The molecule has 0 aliphatic carbocycles. The Morgan fingerprint density at radius 3 is 2.30 bits per heavy atom.